The van der Waals surface area contributed by atoms with Crippen molar-refractivity contribution in [1.82, 2.24) is 19.9 Å². The molecule has 0 saturated carbocycles. The summed E-state index contributed by atoms with van der Waals surface area (Å²) < 4.78 is 39.2. The number of nitrogens with zero attached hydrogens (tertiary/aromatic N) is 2. The van der Waals surface area contributed by atoms with E-state index in [9.17, 15) is 18.4 Å². The molecule has 4 aromatic rings. The number of carbonyl (C=O) groups is 1. The van der Waals surface area contributed by atoms with Gasteiger partial charge in [-0.25, -0.2) is 19.2 Å². The lowest BCUT2D eigenvalue weighted by atomic mass is 10.0. The van der Waals surface area contributed by atoms with Crippen LogP contribution in [0.25, 0.3) is 33.7 Å². The number of rotatable bonds is 7. The van der Waals surface area contributed by atoms with Crippen LogP contribution in [0.15, 0.2) is 41.5 Å². The standard InChI is InChI=1S/C22H18F2N4O5/c1-3-32-15-7-11(12-6-14(23)17(24)16(8-12)33-10(2)22(30)31)4-5-13(15)19-27-20-18(21(29)28-19)25-9-26-20/h4-10H,3H2,1-2H3,(H,30,31)(H2,25,26,27,28,29)/t10-/m1/s1. The number of aliphatic carboxylic acids is 1. The van der Waals surface area contributed by atoms with E-state index in [-0.39, 0.29) is 23.5 Å². The van der Waals surface area contributed by atoms with Crippen LogP contribution >= 0.6 is 0 Å². The molecule has 0 amide bonds. The molecule has 0 aliphatic rings. The molecular formula is C22H18F2N4O5. The third-order valence-electron chi connectivity index (χ3n) is 4.81. The van der Waals surface area contributed by atoms with Crippen molar-refractivity contribution in [3.8, 4) is 34.0 Å². The van der Waals surface area contributed by atoms with Gasteiger partial charge in [0.15, 0.2) is 28.8 Å². The van der Waals surface area contributed by atoms with Crippen molar-refractivity contribution in [2.45, 2.75) is 20.0 Å². The van der Waals surface area contributed by atoms with Gasteiger partial charge in [-0.2, -0.15) is 4.39 Å². The molecule has 3 N–H and O–H groups in total. The van der Waals surface area contributed by atoms with Crippen molar-refractivity contribution in [2.75, 3.05) is 6.61 Å². The predicted molar refractivity (Wildman–Crippen MR) is 114 cm³/mol. The van der Waals surface area contributed by atoms with Gasteiger partial charge in [-0.15, -0.1) is 0 Å². The minimum Gasteiger partial charge on any atom is -0.493 e. The topological polar surface area (TPSA) is 130 Å². The molecule has 0 saturated heterocycles. The zero-order valence-corrected chi connectivity index (χ0v) is 17.5. The summed E-state index contributed by atoms with van der Waals surface area (Å²) >= 11 is 0. The van der Waals surface area contributed by atoms with E-state index in [2.05, 4.69) is 19.9 Å². The molecule has 33 heavy (non-hydrogen) atoms. The summed E-state index contributed by atoms with van der Waals surface area (Å²) in [5.74, 6) is -3.77. The largest absolute Gasteiger partial charge is 0.493 e. The number of ether oxygens (including phenoxy) is 2. The Kier molecular flexibility index (Phi) is 5.78. The Morgan fingerprint density at radius 1 is 1.18 bits per heavy atom. The maximum Gasteiger partial charge on any atom is 0.344 e. The fraction of sp³-hybridized carbons (Fsp3) is 0.182. The first kappa shape index (κ1) is 21.9. The minimum atomic E-state index is -1.38. The van der Waals surface area contributed by atoms with Crippen LogP contribution in [0.4, 0.5) is 8.78 Å². The number of halogens is 2. The number of H-pyrrole nitrogens is 2. The van der Waals surface area contributed by atoms with Crippen molar-refractivity contribution in [3.05, 3.63) is 58.6 Å². The predicted octanol–water partition coefficient (Wildman–Crippen LogP) is 3.51. The van der Waals surface area contributed by atoms with Gasteiger partial charge in [0.25, 0.3) is 5.56 Å². The van der Waals surface area contributed by atoms with Crippen molar-refractivity contribution in [2.24, 2.45) is 0 Å². The van der Waals surface area contributed by atoms with E-state index in [0.717, 1.165) is 6.07 Å². The fourth-order valence-electron chi connectivity index (χ4n) is 3.20. The van der Waals surface area contributed by atoms with Crippen LogP contribution in [0, 0.1) is 11.6 Å². The normalized spacial score (nSPS) is 12.0. The molecule has 9 nitrogen and oxygen atoms in total. The number of nitrogens with one attached hydrogen (secondary N) is 2. The van der Waals surface area contributed by atoms with Gasteiger partial charge in [0.05, 0.1) is 18.5 Å². The summed E-state index contributed by atoms with van der Waals surface area (Å²) in [5, 5.41) is 9.00. The Morgan fingerprint density at radius 2 is 1.94 bits per heavy atom. The molecular weight excluding hydrogens is 438 g/mol. The first-order chi connectivity index (χ1) is 15.8. The fourth-order valence-corrected chi connectivity index (χ4v) is 3.20. The highest BCUT2D eigenvalue weighted by Gasteiger charge is 2.20. The molecule has 11 heteroatoms. The maximum absolute atomic E-state index is 14.2. The van der Waals surface area contributed by atoms with E-state index in [1.54, 1.807) is 25.1 Å². The van der Waals surface area contributed by atoms with E-state index in [0.29, 0.717) is 22.5 Å². The second-order valence-electron chi connectivity index (χ2n) is 7.03. The molecule has 0 spiro atoms. The highest BCUT2D eigenvalue weighted by molar-refractivity contribution is 5.77. The van der Waals surface area contributed by atoms with Gasteiger partial charge in [0.2, 0.25) is 5.82 Å². The van der Waals surface area contributed by atoms with Crippen molar-refractivity contribution < 1.29 is 28.2 Å². The maximum atomic E-state index is 14.2. The highest BCUT2D eigenvalue weighted by Crippen LogP contribution is 2.35. The van der Waals surface area contributed by atoms with Crippen molar-refractivity contribution >= 4 is 17.1 Å². The van der Waals surface area contributed by atoms with Crippen LogP contribution in [-0.4, -0.2) is 43.7 Å². The SMILES string of the molecule is CCOc1cc(-c2cc(F)c(F)c(O[C@H](C)C(=O)O)c2)ccc1-c1nc2[nH]cnc2c(=O)[nH]1. The Bertz CT molecular complexity index is 1420. The molecule has 0 aliphatic heterocycles. The Balaban J connectivity index is 1.80. The smallest absolute Gasteiger partial charge is 0.344 e. The number of benzene rings is 2. The van der Waals surface area contributed by atoms with E-state index in [1.165, 1.54) is 19.3 Å². The van der Waals surface area contributed by atoms with Crippen molar-refractivity contribution in [1.29, 1.82) is 0 Å². The molecule has 2 aromatic carbocycles. The van der Waals surface area contributed by atoms with Crippen LogP contribution < -0.4 is 15.0 Å². The van der Waals surface area contributed by atoms with Crippen LogP contribution in [0.2, 0.25) is 0 Å². The average Bonchev–Trinajstić information content (AvgIpc) is 3.26. The van der Waals surface area contributed by atoms with Crippen LogP contribution in [0.1, 0.15) is 13.8 Å². The van der Waals surface area contributed by atoms with Gasteiger partial charge < -0.3 is 24.5 Å². The lowest BCUT2D eigenvalue weighted by Crippen LogP contribution is -2.23. The Hall–Kier alpha value is -4.28. The van der Waals surface area contributed by atoms with E-state index in [4.69, 9.17) is 14.6 Å². The Morgan fingerprint density at radius 3 is 2.67 bits per heavy atom. The monoisotopic (exact) mass is 456 g/mol. The first-order valence-electron chi connectivity index (χ1n) is 9.88. The van der Waals surface area contributed by atoms with E-state index >= 15 is 0 Å². The molecule has 2 aromatic heterocycles. The molecule has 1 atom stereocenters. The lowest BCUT2D eigenvalue weighted by molar-refractivity contribution is -0.144. The number of hydrogen-bond donors (Lipinski definition) is 3. The van der Waals surface area contributed by atoms with Gasteiger partial charge in [0, 0.05) is 0 Å². The molecule has 0 aliphatic carbocycles. The van der Waals surface area contributed by atoms with Crippen LogP contribution in [-0.2, 0) is 4.79 Å². The van der Waals surface area contributed by atoms with Crippen molar-refractivity contribution in [3.63, 3.8) is 0 Å². The molecule has 0 bridgehead atoms. The Labute approximate surface area is 185 Å². The zero-order valence-electron chi connectivity index (χ0n) is 17.5. The number of carboxylic acids is 1. The molecule has 4 rings (SSSR count). The second-order valence-corrected chi connectivity index (χ2v) is 7.03. The second kappa shape index (κ2) is 8.69. The summed E-state index contributed by atoms with van der Waals surface area (Å²) in [6, 6.07) is 6.97. The highest BCUT2D eigenvalue weighted by atomic mass is 19.2. The zero-order chi connectivity index (χ0) is 23.7. The molecule has 0 fully saturated rings. The minimum absolute atomic E-state index is 0.165. The number of aromatic nitrogens is 4. The quantitative estimate of drug-likeness (QED) is 0.388. The third kappa shape index (κ3) is 4.25. The van der Waals surface area contributed by atoms with E-state index < -0.39 is 35.0 Å². The van der Waals surface area contributed by atoms with Gasteiger partial charge in [-0.1, -0.05) is 6.07 Å². The summed E-state index contributed by atoms with van der Waals surface area (Å²) in [6.07, 6.45) is -0.0206. The average molecular weight is 456 g/mol. The molecule has 0 unspecified atom stereocenters. The number of hydrogen-bond acceptors (Lipinski definition) is 6. The van der Waals surface area contributed by atoms with Gasteiger partial charge >= 0.3 is 5.97 Å². The summed E-state index contributed by atoms with van der Waals surface area (Å²) in [7, 11) is 0. The molecule has 2 heterocycles. The van der Waals surface area contributed by atoms with Gasteiger partial charge in [0.1, 0.15) is 11.6 Å². The number of aromatic amines is 2. The summed E-state index contributed by atoms with van der Waals surface area (Å²) in [5.41, 5.74) is 1.18. The third-order valence-corrected chi connectivity index (χ3v) is 4.81. The number of imidazole rings is 1. The van der Waals surface area contributed by atoms with E-state index in [1.807, 2.05) is 0 Å². The number of carboxylic acid groups (broad SMARTS) is 1. The van der Waals surface area contributed by atoms with Gasteiger partial charge in [-0.3, -0.25) is 4.79 Å². The molecule has 170 valence electrons. The summed E-state index contributed by atoms with van der Waals surface area (Å²) in [4.78, 5) is 37.0. The lowest BCUT2D eigenvalue weighted by Gasteiger charge is -2.15. The van der Waals surface area contributed by atoms with Crippen LogP contribution in [0.3, 0.4) is 0 Å². The number of fused-ring (bicyclic) bond motifs is 1. The molecule has 0 radical (unpaired) electrons. The van der Waals surface area contributed by atoms with Crippen LogP contribution in [0.5, 0.6) is 11.5 Å². The first-order valence-corrected chi connectivity index (χ1v) is 9.88. The summed E-state index contributed by atoms with van der Waals surface area (Å²) in [6.45, 7) is 3.26. The van der Waals surface area contributed by atoms with Gasteiger partial charge in [-0.05, 0) is 49.2 Å².